The van der Waals surface area contributed by atoms with Crippen LogP contribution in [0.25, 0.3) is 10.2 Å². The van der Waals surface area contributed by atoms with Gasteiger partial charge in [-0.1, -0.05) is 26.7 Å². The summed E-state index contributed by atoms with van der Waals surface area (Å²) in [6, 6.07) is 0.119. The molecule has 2 heterocycles. The molecule has 0 fully saturated rings. The van der Waals surface area contributed by atoms with Gasteiger partial charge in [0.25, 0.3) is 5.56 Å². The van der Waals surface area contributed by atoms with Gasteiger partial charge in [-0.25, -0.2) is 4.98 Å². The summed E-state index contributed by atoms with van der Waals surface area (Å²) in [6.07, 6.45) is 4.69. The van der Waals surface area contributed by atoms with E-state index in [2.05, 4.69) is 24.1 Å². The topological polar surface area (TPSA) is 64.0 Å². The molecule has 0 aliphatic rings. The number of carbonyl (C=O) groups is 1. The molecule has 0 aliphatic carbocycles. The third-order valence-electron chi connectivity index (χ3n) is 4.30. The number of hydrogen-bond donors (Lipinski definition) is 1. The lowest BCUT2D eigenvalue weighted by molar-refractivity contribution is -0.122. The van der Waals surface area contributed by atoms with Crippen molar-refractivity contribution in [1.29, 1.82) is 0 Å². The average molecular weight is 350 g/mol. The van der Waals surface area contributed by atoms with Crippen molar-refractivity contribution in [3.63, 3.8) is 0 Å². The lowest BCUT2D eigenvalue weighted by Gasteiger charge is -2.15. The standard InChI is InChI=1S/C18H27N3O2S/c1-11(2)7-6-8-12(3)20-15(22)9-21-10-19-17-16(18(21)23)13(4)14(5)24-17/h10-12H,6-9H2,1-5H3,(H,20,22)/t12-/m0/s1. The first-order chi connectivity index (χ1) is 11.3. The molecule has 0 aliphatic heterocycles. The number of fused-ring (bicyclic) bond motifs is 1. The summed E-state index contributed by atoms with van der Waals surface area (Å²) in [6.45, 7) is 10.3. The maximum atomic E-state index is 12.6. The maximum absolute atomic E-state index is 12.6. The predicted octanol–water partition coefficient (Wildman–Crippen LogP) is 3.41. The van der Waals surface area contributed by atoms with E-state index in [1.165, 1.54) is 22.2 Å². The van der Waals surface area contributed by atoms with Crippen LogP contribution in [0.2, 0.25) is 0 Å². The van der Waals surface area contributed by atoms with Crippen molar-refractivity contribution in [2.75, 3.05) is 0 Å². The van der Waals surface area contributed by atoms with E-state index in [1.54, 1.807) is 0 Å². The van der Waals surface area contributed by atoms with E-state index < -0.39 is 0 Å². The second kappa shape index (κ2) is 7.92. The van der Waals surface area contributed by atoms with Gasteiger partial charge in [0.05, 0.1) is 11.7 Å². The van der Waals surface area contributed by atoms with E-state index in [0.29, 0.717) is 11.3 Å². The highest BCUT2D eigenvalue weighted by Crippen LogP contribution is 2.25. The average Bonchev–Trinajstić information content (AvgIpc) is 2.77. The Morgan fingerprint density at radius 2 is 2.00 bits per heavy atom. The van der Waals surface area contributed by atoms with Crippen LogP contribution < -0.4 is 10.9 Å². The van der Waals surface area contributed by atoms with E-state index >= 15 is 0 Å². The Morgan fingerprint density at radius 1 is 1.29 bits per heavy atom. The van der Waals surface area contributed by atoms with Gasteiger partial charge in [-0.05, 0) is 38.7 Å². The Kier molecular flexibility index (Phi) is 6.15. The summed E-state index contributed by atoms with van der Waals surface area (Å²) in [5.41, 5.74) is 0.828. The van der Waals surface area contributed by atoms with Gasteiger partial charge in [0.1, 0.15) is 11.4 Å². The second-order valence-corrected chi connectivity index (χ2v) is 8.14. The zero-order valence-electron chi connectivity index (χ0n) is 15.2. The van der Waals surface area contributed by atoms with Crippen LogP contribution in [0, 0.1) is 19.8 Å². The Balaban J connectivity index is 2.02. The lowest BCUT2D eigenvalue weighted by Crippen LogP contribution is -2.37. The van der Waals surface area contributed by atoms with Crippen molar-refractivity contribution in [3.8, 4) is 0 Å². The van der Waals surface area contributed by atoms with Crippen LogP contribution in [0.4, 0.5) is 0 Å². The predicted molar refractivity (Wildman–Crippen MR) is 99.6 cm³/mol. The highest BCUT2D eigenvalue weighted by atomic mass is 32.1. The molecule has 0 bridgehead atoms. The molecule has 5 nitrogen and oxygen atoms in total. The highest BCUT2D eigenvalue weighted by Gasteiger charge is 2.14. The summed E-state index contributed by atoms with van der Waals surface area (Å²) in [4.78, 5) is 30.9. The minimum atomic E-state index is -0.139. The van der Waals surface area contributed by atoms with Gasteiger partial charge in [-0.2, -0.15) is 0 Å². The minimum absolute atomic E-state index is 0.0185. The molecule has 0 saturated heterocycles. The fraction of sp³-hybridized carbons (Fsp3) is 0.611. The van der Waals surface area contributed by atoms with Gasteiger partial charge in [0.15, 0.2) is 0 Å². The fourth-order valence-corrected chi connectivity index (χ4v) is 3.75. The van der Waals surface area contributed by atoms with Crippen LogP contribution in [0.15, 0.2) is 11.1 Å². The van der Waals surface area contributed by atoms with E-state index in [-0.39, 0.29) is 24.1 Å². The molecule has 1 amide bonds. The van der Waals surface area contributed by atoms with Crippen molar-refractivity contribution in [2.24, 2.45) is 5.92 Å². The summed E-state index contributed by atoms with van der Waals surface area (Å²) in [5, 5.41) is 3.61. The van der Waals surface area contributed by atoms with Crippen LogP contribution in [0.3, 0.4) is 0 Å². The first-order valence-electron chi connectivity index (χ1n) is 8.54. The summed E-state index contributed by atoms with van der Waals surface area (Å²) in [5.74, 6) is 0.543. The molecule has 0 aromatic carbocycles. The number of aromatic nitrogens is 2. The molecule has 2 aromatic heterocycles. The molecule has 0 unspecified atom stereocenters. The van der Waals surface area contributed by atoms with Gasteiger partial charge in [0, 0.05) is 10.9 Å². The fourth-order valence-electron chi connectivity index (χ4n) is 2.76. The molecule has 1 atom stereocenters. The van der Waals surface area contributed by atoms with E-state index in [1.807, 2.05) is 20.8 Å². The van der Waals surface area contributed by atoms with Gasteiger partial charge in [-0.15, -0.1) is 11.3 Å². The molecule has 0 saturated carbocycles. The first-order valence-corrected chi connectivity index (χ1v) is 9.35. The molecular formula is C18H27N3O2S. The van der Waals surface area contributed by atoms with Gasteiger partial charge < -0.3 is 5.32 Å². The van der Waals surface area contributed by atoms with Crippen molar-refractivity contribution in [3.05, 3.63) is 27.1 Å². The number of nitrogens with one attached hydrogen (secondary N) is 1. The Labute approximate surface area is 147 Å². The first kappa shape index (κ1) is 18.6. The number of rotatable bonds is 7. The summed E-state index contributed by atoms with van der Waals surface area (Å²) >= 11 is 1.52. The quantitative estimate of drug-likeness (QED) is 0.833. The molecular weight excluding hydrogens is 322 g/mol. The van der Waals surface area contributed by atoms with E-state index in [9.17, 15) is 9.59 Å². The van der Waals surface area contributed by atoms with Crippen LogP contribution >= 0.6 is 11.3 Å². The minimum Gasteiger partial charge on any atom is -0.352 e. The third kappa shape index (κ3) is 4.44. The number of amides is 1. The molecule has 6 heteroatoms. The molecule has 0 radical (unpaired) electrons. The van der Waals surface area contributed by atoms with E-state index in [0.717, 1.165) is 34.5 Å². The Hall–Kier alpha value is -1.69. The molecule has 24 heavy (non-hydrogen) atoms. The van der Waals surface area contributed by atoms with Crippen LogP contribution in [-0.4, -0.2) is 21.5 Å². The molecule has 0 spiro atoms. The van der Waals surface area contributed by atoms with Crippen molar-refractivity contribution in [1.82, 2.24) is 14.9 Å². The summed E-state index contributed by atoms with van der Waals surface area (Å²) in [7, 11) is 0. The lowest BCUT2D eigenvalue weighted by atomic mass is 10.0. The Bertz CT molecular complexity index is 776. The van der Waals surface area contributed by atoms with E-state index in [4.69, 9.17) is 0 Å². The monoisotopic (exact) mass is 349 g/mol. The number of thiophene rings is 1. The summed E-state index contributed by atoms with van der Waals surface area (Å²) < 4.78 is 1.40. The Morgan fingerprint density at radius 3 is 2.67 bits per heavy atom. The van der Waals surface area contributed by atoms with Crippen LogP contribution in [0.1, 0.15) is 50.5 Å². The molecule has 132 valence electrons. The maximum Gasteiger partial charge on any atom is 0.262 e. The van der Waals surface area contributed by atoms with Crippen LogP contribution in [0.5, 0.6) is 0 Å². The second-order valence-electron chi connectivity index (χ2n) is 6.93. The third-order valence-corrected chi connectivity index (χ3v) is 5.41. The smallest absolute Gasteiger partial charge is 0.262 e. The number of nitrogens with zero attached hydrogens (tertiary/aromatic N) is 2. The number of aryl methyl sites for hydroxylation is 2. The van der Waals surface area contributed by atoms with Gasteiger partial charge >= 0.3 is 0 Å². The zero-order valence-corrected chi connectivity index (χ0v) is 16.0. The highest BCUT2D eigenvalue weighted by molar-refractivity contribution is 7.18. The number of hydrogen-bond acceptors (Lipinski definition) is 4. The van der Waals surface area contributed by atoms with Gasteiger partial charge in [0.2, 0.25) is 5.91 Å². The molecule has 2 aromatic rings. The largest absolute Gasteiger partial charge is 0.352 e. The van der Waals surface area contributed by atoms with Crippen molar-refractivity contribution < 1.29 is 4.79 Å². The van der Waals surface area contributed by atoms with Gasteiger partial charge in [-0.3, -0.25) is 14.2 Å². The van der Waals surface area contributed by atoms with Crippen LogP contribution in [-0.2, 0) is 11.3 Å². The molecule has 2 rings (SSSR count). The molecule has 1 N–H and O–H groups in total. The normalized spacial score (nSPS) is 12.8. The SMILES string of the molecule is Cc1sc2ncn(CC(=O)N[C@@H](C)CCCC(C)C)c(=O)c2c1C. The number of carbonyl (C=O) groups excluding carboxylic acids is 1. The zero-order chi connectivity index (χ0) is 17.9. The van der Waals surface area contributed by atoms with Crippen molar-refractivity contribution in [2.45, 2.75) is 66.5 Å². The van der Waals surface area contributed by atoms with Crippen molar-refractivity contribution >= 4 is 27.5 Å².